The van der Waals surface area contributed by atoms with Gasteiger partial charge in [0.05, 0.1) is 11.7 Å². The van der Waals surface area contributed by atoms with Crippen LogP contribution in [0.25, 0.3) is 21.9 Å². The molecule has 184 valence electrons. The minimum atomic E-state index is -3.98. The first-order chi connectivity index (χ1) is 17.2. The molecule has 0 fully saturated rings. The molecule has 5 rings (SSSR count). The number of pyridine rings is 1. The predicted octanol–water partition coefficient (Wildman–Crippen LogP) is 4.89. The third kappa shape index (κ3) is 4.69. The third-order valence-corrected chi connectivity index (χ3v) is 8.75. The van der Waals surface area contributed by atoms with Crippen molar-refractivity contribution < 1.29 is 8.42 Å². The molecule has 1 N–H and O–H groups in total. The number of nitrogens with one attached hydrogen (secondary N) is 1. The molecule has 0 spiro atoms. The number of benzene rings is 3. The monoisotopic (exact) mass is 518 g/mol. The van der Waals surface area contributed by atoms with E-state index in [-0.39, 0.29) is 23.5 Å². The Balaban J connectivity index is 1.58. The van der Waals surface area contributed by atoms with E-state index in [1.54, 1.807) is 18.2 Å². The second-order valence-electron chi connectivity index (χ2n) is 9.13. The summed E-state index contributed by atoms with van der Waals surface area (Å²) in [5.41, 5.74) is 5.94. The van der Waals surface area contributed by atoms with Crippen LogP contribution in [0.2, 0.25) is 0 Å². The maximum atomic E-state index is 14.0. The van der Waals surface area contributed by atoms with Gasteiger partial charge in [0.25, 0.3) is 5.56 Å². The molecular weight excluding hydrogens is 492 g/mol. The van der Waals surface area contributed by atoms with E-state index >= 15 is 0 Å². The van der Waals surface area contributed by atoms with Crippen LogP contribution in [-0.2, 0) is 23.0 Å². The van der Waals surface area contributed by atoms with Crippen LogP contribution >= 0.6 is 11.7 Å². The zero-order valence-corrected chi connectivity index (χ0v) is 21.9. The quantitative estimate of drug-likeness (QED) is 0.331. The molecule has 0 aliphatic heterocycles. The van der Waals surface area contributed by atoms with Crippen molar-refractivity contribution >= 4 is 43.7 Å². The second-order valence-corrected chi connectivity index (χ2v) is 11.6. The molecule has 0 atom stereocenters. The van der Waals surface area contributed by atoms with Crippen LogP contribution in [0, 0.1) is 20.8 Å². The fraction of sp³-hybridized carbons (Fsp3) is 0.222. The summed E-state index contributed by atoms with van der Waals surface area (Å²) in [4.78, 5) is 16.1. The van der Waals surface area contributed by atoms with Crippen LogP contribution in [0.3, 0.4) is 0 Å². The van der Waals surface area contributed by atoms with Crippen molar-refractivity contribution in [3.8, 4) is 0 Å². The van der Waals surface area contributed by atoms with E-state index in [0.29, 0.717) is 23.0 Å². The van der Waals surface area contributed by atoms with E-state index in [1.807, 2.05) is 63.2 Å². The molecule has 7 nitrogen and oxygen atoms in total. The Labute approximate surface area is 213 Å². The Bertz CT molecular complexity index is 1760. The Morgan fingerprint density at radius 2 is 1.75 bits per heavy atom. The highest BCUT2D eigenvalue weighted by Gasteiger charge is 2.28. The van der Waals surface area contributed by atoms with Gasteiger partial charge in [-0.1, -0.05) is 42.0 Å². The standard InChI is InChI=1S/C27H26N4O3S2/c1-17-6-4-7-20(13-17)10-11-31(36(33,34)25-9-5-8-23-26(25)30-35-29-23)16-21-15-22-19(3)12-18(2)14-24(22)28-27(21)32/h4-9,12-15H,10-11,16H2,1-3H3,(H,28,32). The van der Waals surface area contributed by atoms with E-state index in [2.05, 4.69) is 13.7 Å². The van der Waals surface area contributed by atoms with E-state index in [9.17, 15) is 13.2 Å². The molecule has 5 aromatic rings. The molecule has 2 aromatic heterocycles. The number of hydrogen-bond acceptors (Lipinski definition) is 6. The van der Waals surface area contributed by atoms with Crippen LogP contribution < -0.4 is 5.56 Å². The second kappa shape index (κ2) is 9.57. The number of aryl methyl sites for hydroxylation is 3. The number of aromatic nitrogens is 3. The average Bonchev–Trinajstić information content (AvgIpc) is 3.31. The summed E-state index contributed by atoms with van der Waals surface area (Å²) >= 11 is 0.979. The zero-order valence-electron chi connectivity index (χ0n) is 20.3. The van der Waals surface area contributed by atoms with Crippen LogP contribution in [0.1, 0.15) is 27.8 Å². The number of rotatable bonds is 7. The molecule has 0 saturated carbocycles. The van der Waals surface area contributed by atoms with E-state index in [0.717, 1.165) is 44.9 Å². The highest BCUT2D eigenvalue weighted by molar-refractivity contribution is 7.89. The summed E-state index contributed by atoms with van der Waals surface area (Å²) < 4.78 is 37.8. The fourth-order valence-electron chi connectivity index (χ4n) is 4.56. The summed E-state index contributed by atoms with van der Waals surface area (Å²) in [7, 11) is -3.98. The molecule has 3 aromatic carbocycles. The predicted molar refractivity (Wildman–Crippen MR) is 144 cm³/mol. The highest BCUT2D eigenvalue weighted by Crippen LogP contribution is 2.26. The Kier molecular flexibility index (Phi) is 6.46. The Hall–Kier alpha value is -3.40. The molecule has 0 aliphatic carbocycles. The molecule has 0 unspecified atom stereocenters. The topological polar surface area (TPSA) is 96.0 Å². The third-order valence-electron chi connectivity index (χ3n) is 6.34. The van der Waals surface area contributed by atoms with E-state index < -0.39 is 10.0 Å². The summed E-state index contributed by atoms with van der Waals surface area (Å²) in [5.74, 6) is 0. The minimum Gasteiger partial charge on any atom is -0.322 e. The number of sulfonamides is 1. The van der Waals surface area contributed by atoms with Gasteiger partial charge in [0.15, 0.2) is 0 Å². The minimum absolute atomic E-state index is 0.0549. The van der Waals surface area contributed by atoms with Crippen molar-refractivity contribution in [2.45, 2.75) is 38.6 Å². The number of H-pyrrole nitrogens is 1. The van der Waals surface area contributed by atoms with E-state index in [4.69, 9.17) is 0 Å². The van der Waals surface area contributed by atoms with Gasteiger partial charge in [-0.15, -0.1) is 0 Å². The molecule has 0 amide bonds. The van der Waals surface area contributed by atoms with Crippen molar-refractivity contribution in [1.29, 1.82) is 0 Å². The van der Waals surface area contributed by atoms with Crippen LogP contribution in [0.5, 0.6) is 0 Å². The average molecular weight is 519 g/mol. The molecule has 9 heteroatoms. The van der Waals surface area contributed by atoms with Crippen LogP contribution in [0.15, 0.2) is 70.4 Å². The fourth-order valence-corrected chi connectivity index (χ4v) is 6.73. The molecule has 0 bridgehead atoms. The van der Waals surface area contributed by atoms with Gasteiger partial charge in [-0.25, -0.2) is 8.42 Å². The smallest absolute Gasteiger partial charge is 0.252 e. The van der Waals surface area contributed by atoms with Gasteiger partial charge in [0, 0.05) is 29.6 Å². The first-order valence-electron chi connectivity index (χ1n) is 11.6. The Morgan fingerprint density at radius 1 is 0.944 bits per heavy atom. The largest absolute Gasteiger partial charge is 0.322 e. The summed E-state index contributed by atoms with van der Waals surface area (Å²) in [6, 6.07) is 18.7. The van der Waals surface area contributed by atoms with Crippen molar-refractivity contribution in [1.82, 2.24) is 18.0 Å². The number of aromatic amines is 1. The van der Waals surface area contributed by atoms with Gasteiger partial charge in [-0.05, 0) is 68.1 Å². The number of hydrogen-bond donors (Lipinski definition) is 1. The first kappa shape index (κ1) is 24.3. The van der Waals surface area contributed by atoms with Crippen molar-refractivity contribution in [3.63, 3.8) is 0 Å². The first-order valence-corrected chi connectivity index (χ1v) is 13.8. The summed E-state index contributed by atoms with van der Waals surface area (Å²) in [6.07, 6.45) is 0.510. The van der Waals surface area contributed by atoms with Gasteiger partial charge in [-0.3, -0.25) is 4.79 Å². The lowest BCUT2D eigenvalue weighted by Crippen LogP contribution is -2.34. The van der Waals surface area contributed by atoms with Crippen LogP contribution in [0.4, 0.5) is 0 Å². The normalized spacial score (nSPS) is 12.1. The molecular formula is C27H26N4O3S2. The lowest BCUT2D eigenvalue weighted by atomic mass is 10.0. The number of nitrogens with zero attached hydrogens (tertiary/aromatic N) is 3. The SMILES string of the molecule is Cc1cccc(CCN(Cc2cc3c(C)cc(C)cc3[nH]c2=O)S(=O)(=O)c2cccc3nsnc23)c1. The van der Waals surface area contributed by atoms with Gasteiger partial charge in [0.1, 0.15) is 15.9 Å². The van der Waals surface area contributed by atoms with Crippen molar-refractivity contribution in [3.05, 3.63) is 98.8 Å². The van der Waals surface area contributed by atoms with Gasteiger partial charge >= 0.3 is 0 Å². The van der Waals surface area contributed by atoms with Crippen molar-refractivity contribution in [2.24, 2.45) is 0 Å². The molecule has 2 heterocycles. The zero-order chi connectivity index (χ0) is 25.4. The summed E-state index contributed by atoms with van der Waals surface area (Å²) in [6.45, 7) is 6.13. The lowest BCUT2D eigenvalue weighted by molar-refractivity contribution is 0.408. The number of fused-ring (bicyclic) bond motifs is 2. The van der Waals surface area contributed by atoms with Gasteiger partial charge in [0.2, 0.25) is 10.0 Å². The maximum absolute atomic E-state index is 14.0. The molecule has 36 heavy (non-hydrogen) atoms. The molecule has 0 aliphatic rings. The van der Waals surface area contributed by atoms with Gasteiger partial charge in [-0.2, -0.15) is 13.1 Å². The van der Waals surface area contributed by atoms with E-state index in [1.165, 1.54) is 4.31 Å². The maximum Gasteiger partial charge on any atom is 0.252 e. The lowest BCUT2D eigenvalue weighted by Gasteiger charge is -2.23. The van der Waals surface area contributed by atoms with Gasteiger partial charge < -0.3 is 4.98 Å². The highest BCUT2D eigenvalue weighted by atomic mass is 32.2. The Morgan fingerprint density at radius 3 is 2.56 bits per heavy atom. The molecule has 0 saturated heterocycles. The molecule has 0 radical (unpaired) electrons. The summed E-state index contributed by atoms with van der Waals surface area (Å²) in [5, 5.41) is 0.900. The van der Waals surface area contributed by atoms with Crippen LogP contribution in [-0.4, -0.2) is 33.0 Å². The van der Waals surface area contributed by atoms with Crippen molar-refractivity contribution in [2.75, 3.05) is 6.54 Å².